The number of nitriles is 1. The van der Waals surface area contributed by atoms with Crippen molar-refractivity contribution in [2.45, 2.75) is 17.7 Å². The molecule has 1 aliphatic rings. The second-order valence-corrected chi connectivity index (χ2v) is 5.33. The van der Waals surface area contributed by atoms with Crippen LogP contribution in [0.2, 0.25) is 0 Å². The minimum absolute atomic E-state index is 0.153. The smallest absolute Gasteiger partial charge is 0.223 e. The first-order chi connectivity index (χ1) is 9.26. The number of carbonyl (C=O) groups excluding carboxylic acids is 1. The quantitative estimate of drug-likeness (QED) is 0.617. The van der Waals surface area contributed by atoms with Gasteiger partial charge < -0.3 is 10.6 Å². The average molecular weight is 275 g/mol. The first kappa shape index (κ1) is 13.8. The van der Waals surface area contributed by atoms with E-state index in [0.717, 1.165) is 23.4 Å². The Bertz CT molecular complexity index is 506. The number of nitrogens with zero attached hydrogens (tertiary/aromatic N) is 1. The van der Waals surface area contributed by atoms with Gasteiger partial charge in [-0.1, -0.05) is 6.07 Å². The number of benzene rings is 1. The molecule has 1 saturated carbocycles. The Kier molecular flexibility index (Phi) is 4.69. The number of thioether (sulfide) groups is 1. The fourth-order valence-electron chi connectivity index (χ4n) is 1.84. The molecule has 1 aromatic carbocycles. The molecule has 0 unspecified atom stereocenters. The van der Waals surface area contributed by atoms with Crippen LogP contribution in [0.4, 0.5) is 5.69 Å². The van der Waals surface area contributed by atoms with Crippen molar-refractivity contribution >= 4 is 23.4 Å². The van der Waals surface area contributed by atoms with E-state index >= 15 is 0 Å². The molecule has 19 heavy (non-hydrogen) atoms. The first-order valence-corrected chi connectivity index (χ1v) is 7.57. The molecule has 2 rings (SSSR count). The summed E-state index contributed by atoms with van der Waals surface area (Å²) in [5.74, 6) is 0.398. The van der Waals surface area contributed by atoms with Crippen LogP contribution < -0.4 is 10.6 Å². The van der Waals surface area contributed by atoms with E-state index in [-0.39, 0.29) is 11.8 Å². The lowest BCUT2D eigenvalue weighted by atomic mass is 10.2. The van der Waals surface area contributed by atoms with E-state index in [2.05, 4.69) is 16.7 Å². The number of anilines is 1. The second-order valence-electron chi connectivity index (χ2n) is 4.49. The summed E-state index contributed by atoms with van der Waals surface area (Å²) in [6, 6.07) is 7.97. The van der Waals surface area contributed by atoms with Crippen molar-refractivity contribution in [3.8, 4) is 6.07 Å². The minimum atomic E-state index is 0.153. The molecule has 0 aromatic heterocycles. The Balaban J connectivity index is 1.85. The van der Waals surface area contributed by atoms with Gasteiger partial charge in [0.05, 0.1) is 11.3 Å². The molecule has 4 nitrogen and oxygen atoms in total. The van der Waals surface area contributed by atoms with Gasteiger partial charge in [0, 0.05) is 23.9 Å². The van der Waals surface area contributed by atoms with Gasteiger partial charge in [-0.05, 0) is 31.2 Å². The SMILES string of the molecule is CSc1cccc(NCCNC(=O)C2CC2)c1C#N. The highest BCUT2D eigenvalue weighted by atomic mass is 32.2. The lowest BCUT2D eigenvalue weighted by molar-refractivity contribution is -0.122. The summed E-state index contributed by atoms with van der Waals surface area (Å²) in [5.41, 5.74) is 1.50. The molecule has 0 bridgehead atoms. The molecule has 0 spiro atoms. The third kappa shape index (κ3) is 3.65. The van der Waals surface area contributed by atoms with E-state index in [4.69, 9.17) is 0 Å². The van der Waals surface area contributed by atoms with Crippen LogP contribution in [0.5, 0.6) is 0 Å². The van der Waals surface area contributed by atoms with Crippen molar-refractivity contribution in [2.24, 2.45) is 5.92 Å². The van der Waals surface area contributed by atoms with Gasteiger partial charge in [-0.25, -0.2) is 0 Å². The van der Waals surface area contributed by atoms with Gasteiger partial charge in [0.15, 0.2) is 0 Å². The molecule has 0 atom stereocenters. The highest BCUT2D eigenvalue weighted by molar-refractivity contribution is 7.98. The molecule has 100 valence electrons. The Hall–Kier alpha value is -1.67. The van der Waals surface area contributed by atoms with Crippen LogP contribution in [0.15, 0.2) is 23.1 Å². The number of rotatable bonds is 6. The van der Waals surface area contributed by atoms with Gasteiger partial charge in [0.25, 0.3) is 0 Å². The molecule has 1 aromatic rings. The maximum Gasteiger partial charge on any atom is 0.223 e. The van der Waals surface area contributed by atoms with Crippen LogP contribution in [-0.4, -0.2) is 25.3 Å². The highest BCUT2D eigenvalue weighted by Gasteiger charge is 2.28. The zero-order chi connectivity index (χ0) is 13.7. The maximum atomic E-state index is 11.4. The Morgan fingerprint density at radius 1 is 1.47 bits per heavy atom. The van der Waals surface area contributed by atoms with E-state index in [1.165, 1.54) is 0 Å². The summed E-state index contributed by atoms with van der Waals surface area (Å²) in [7, 11) is 0. The van der Waals surface area contributed by atoms with Crippen LogP contribution in [0.1, 0.15) is 18.4 Å². The standard InChI is InChI=1S/C14H17N3OS/c1-19-13-4-2-3-12(11(13)9-15)16-7-8-17-14(18)10-5-6-10/h2-4,10,16H,5-8H2,1H3,(H,17,18). The molecule has 0 radical (unpaired) electrons. The summed E-state index contributed by atoms with van der Waals surface area (Å²) in [6.45, 7) is 1.22. The minimum Gasteiger partial charge on any atom is -0.382 e. The van der Waals surface area contributed by atoms with Crippen LogP contribution in [0.25, 0.3) is 0 Å². The highest BCUT2D eigenvalue weighted by Crippen LogP contribution is 2.28. The third-order valence-electron chi connectivity index (χ3n) is 3.05. The summed E-state index contributed by atoms with van der Waals surface area (Å²) in [6.07, 6.45) is 4.00. The Morgan fingerprint density at radius 2 is 2.26 bits per heavy atom. The van der Waals surface area contributed by atoms with E-state index in [1.807, 2.05) is 24.5 Å². The zero-order valence-electron chi connectivity index (χ0n) is 10.9. The predicted octanol–water partition coefficient (Wildman–Crippen LogP) is 2.22. The fourth-order valence-corrected chi connectivity index (χ4v) is 2.41. The molecule has 5 heteroatoms. The van der Waals surface area contributed by atoms with Gasteiger partial charge in [-0.3, -0.25) is 4.79 Å². The monoisotopic (exact) mass is 275 g/mol. The Morgan fingerprint density at radius 3 is 2.89 bits per heavy atom. The molecule has 0 heterocycles. The van der Waals surface area contributed by atoms with Crippen molar-refractivity contribution in [2.75, 3.05) is 24.7 Å². The summed E-state index contributed by atoms with van der Waals surface area (Å²) < 4.78 is 0. The molecular formula is C14H17N3OS. The van der Waals surface area contributed by atoms with E-state index in [1.54, 1.807) is 11.8 Å². The predicted molar refractivity (Wildman–Crippen MR) is 77.2 cm³/mol. The van der Waals surface area contributed by atoms with Crippen LogP contribution >= 0.6 is 11.8 Å². The number of amides is 1. The summed E-state index contributed by atoms with van der Waals surface area (Å²) in [4.78, 5) is 12.4. The largest absolute Gasteiger partial charge is 0.382 e. The van der Waals surface area contributed by atoms with Gasteiger partial charge in [0.2, 0.25) is 5.91 Å². The molecule has 1 amide bonds. The van der Waals surface area contributed by atoms with Crippen LogP contribution in [0.3, 0.4) is 0 Å². The molecule has 0 saturated heterocycles. The zero-order valence-corrected chi connectivity index (χ0v) is 11.7. The van der Waals surface area contributed by atoms with E-state index in [9.17, 15) is 10.1 Å². The van der Waals surface area contributed by atoms with Gasteiger partial charge >= 0.3 is 0 Å². The maximum absolute atomic E-state index is 11.4. The van der Waals surface area contributed by atoms with Crippen molar-refractivity contribution < 1.29 is 4.79 Å². The fraction of sp³-hybridized carbons (Fsp3) is 0.429. The van der Waals surface area contributed by atoms with E-state index in [0.29, 0.717) is 18.7 Å². The Labute approximate surface area is 117 Å². The topological polar surface area (TPSA) is 64.9 Å². The molecular weight excluding hydrogens is 258 g/mol. The number of hydrogen-bond acceptors (Lipinski definition) is 4. The number of nitrogens with one attached hydrogen (secondary N) is 2. The molecule has 2 N–H and O–H groups in total. The number of hydrogen-bond donors (Lipinski definition) is 2. The van der Waals surface area contributed by atoms with Gasteiger partial charge in [-0.15, -0.1) is 11.8 Å². The van der Waals surface area contributed by atoms with Crippen molar-refractivity contribution in [1.82, 2.24) is 5.32 Å². The van der Waals surface area contributed by atoms with Crippen molar-refractivity contribution in [3.63, 3.8) is 0 Å². The summed E-state index contributed by atoms with van der Waals surface area (Å²) >= 11 is 1.56. The first-order valence-electron chi connectivity index (χ1n) is 6.35. The molecule has 1 fully saturated rings. The van der Waals surface area contributed by atoms with Crippen LogP contribution in [0, 0.1) is 17.2 Å². The normalized spacial score (nSPS) is 13.7. The second kappa shape index (κ2) is 6.48. The summed E-state index contributed by atoms with van der Waals surface area (Å²) in [5, 5.41) is 15.3. The van der Waals surface area contributed by atoms with Gasteiger partial charge in [-0.2, -0.15) is 5.26 Å². The number of carbonyl (C=O) groups is 1. The lowest BCUT2D eigenvalue weighted by Crippen LogP contribution is -2.29. The van der Waals surface area contributed by atoms with Crippen molar-refractivity contribution in [3.05, 3.63) is 23.8 Å². The average Bonchev–Trinajstić information content (AvgIpc) is 3.27. The van der Waals surface area contributed by atoms with Crippen LogP contribution in [-0.2, 0) is 4.79 Å². The van der Waals surface area contributed by atoms with Gasteiger partial charge in [0.1, 0.15) is 6.07 Å². The lowest BCUT2D eigenvalue weighted by Gasteiger charge is -2.11. The third-order valence-corrected chi connectivity index (χ3v) is 3.83. The molecule has 1 aliphatic carbocycles. The van der Waals surface area contributed by atoms with E-state index < -0.39 is 0 Å². The van der Waals surface area contributed by atoms with Crippen molar-refractivity contribution in [1.29, 1.82) is 5.26 Å². The molecule has 0 aliphatic heterocycles.